The van der Waals surface area contributed by atoms with Crippen LogP contribution in [0.3, 0.4) is 0 Å². The minimum atomic E-state index is -1.29. The van der Waals surface area contributed by atoms with Gasteiger partial charge >= 0.3 is 5.97 Å². The van der Waals surface area contributed by atoms with E-state index in [2.05, 4.69) is 5.32 Å². The molecular weight excluding hydrogens is 260 g/mol. The van der Waals surface area contributed by atoms with Gasteiger partial charge < -0.3 is 21.3 Å². The van der Waals surface area contributed by atoms with Crippen molar-refractivity contribution in [2.75, 3.05) is 5.73 Å². The molecule has 0 heterocycles. The number of carboxylic acids is 1. The van der Waals surface area contributed by atoms with Gasteiger partial charge in [-0.25, -0.2) is 4.79 Å². The van der Waals surface area contributed by atoms with Crippen LogP contribution >= 0.6 is 0 Å². The van der Waals surface area contributed by atoms with Crippen molar-refractivity contribution in [1.29, 1.82) is 0 Å². The van der Waals surface area contributed by atoms with Gasteiger partial charge in [-0.15, -0.1) is 0 Å². The Morgan fingerprint density at radius 2 is 1.80 bits per heavy atom. The third kappa shape index (κ3) is 4.55. The highest BCUT2D eigenvalue weighted by molar-refractivity contribution is 5.84. The average Bonchev–Trinajstić information content (AvgIpc) is 2.35. The summed E-state index contributed by atoms with van der Waals surface area (Å²) >= 11 is 0. The van der Waals surface area contributed by atoms with E-state index in [9.17, 15) is 14.7 Å². The molecule has 0 radical (unpaired) electrons. The van der Waals surface area contributed by atoms with Crippen molar-refractivity contribution < 1.29 is 19.8 Å². The van der Waals surface area contributed by atoms with Crippen LogP contribution < -0.4 is 11.1 Å². The molecule has 0 bridgehead atoms. The van der Waals surface area contributed by atoms with Crippen molar-refractivity contribution in [3.8, 4) is 0 Å². The molecule has 0 aromatic heterocycles. The lowest BCUT2D eigenvalue weighted by molar-refractivity contribution is -0.144. The minimum absolute atomic E-state index is 0.0703. The summed E-state index contributed by atoms with van der Waals surface area (Å²) in [5.41, 5.74) is 7.18. The number of nitrogen functional groups attached to an aromatic ring is 1. The van der Waals surface area contributed by atoms with Crippen LogP contribution in [0.5, 0.6) is 0 Å². The molecule has 6 nitrogen and oxygen atoms in total. The molecule has 6 heteroatoms. The molecular formula is C14H20N2O4. The van der Waals surface area contributed by atoms with Crippen LogP contribution in [0.4, 0.5) is 5.69 Å². The highest BCUT2D eigenvalue weighted by Gasteiger charge is 2.25. The lowest BCUT2D eigenvalue weighted by Crippen LogP contribution is -2.47. The lowest BCUT2D eigenvalue weighted by Gasteiger charge is -2.18. The predicted octanol–water partition coefficient (Wildman–Crippen LogP) is 0.713. The molecule has 0 saturated heterocycles. The Hall–Kier alpha value is -2.08. The van der Waals surface area contributed by atoms with E-state index >= 15 is 0 Å². The number of amides is 1. The third-order valence-corrected chi connectivity index (χ3v) is 3.06. The highest BCUT2D eigenvalue weighted by atomic mass is 16.4. The van der Waals surface area contributed by atoms with E-state index in [-0.39, 0.29) is 12.3 Å². The SMILES string of the molecule is CC(CC(=O)NC(C(=O)O)C(C)O)c1ccc(N)cc1. The van der Waals surface area contributed by atoms with Crippen LogP contribution in [0.25, 0.3) is 0 Å². The molecule has 1 aromatic rings. The first-order valence-corrected chi connectivity index (χ1v) is 6.37. The van der Waals surface area contributed by atoms with Gasteiger partial charge in [0.05, 0.1) is 6.10 Å². The second-order valence-corrected chi connectivity index (χ2v) is 4.90. The Bertz CT molecular complexity index is 471. The Morgan fingerprint density at radius 3 is 2.25 bits per heavy atom. The van der Waals surface area contributed by atoms with Crippen LogP contribution in [0.2, 0.25) is 0 Å². The van der Waals surface area contributed by atoms with E-state index in [0.29, 0.717) is 5.69 Å². The van der Waals surface area contributed by atoms with Gasteiger partial charge in [-0.05, 0) is 30.5 Å². The van der Waals surface area contributed by atoms with E-state index in [0.717, 1.165) is 5.56 Å². The van der Waals surface area contributed by atoms with Gasteiger partial charge in [0, 0.05) is 12.1 Å². The van der Waals surface area contributed by atoms with Crippen molar-refractivity contribution in [2.24, 2.45) is 0 Å². The number of hydrogen-bond acceptors (Lipinski definition) is 4. The number of hydrogen-bond donors (Lipinski definition) is 4. The quantitative estimate of drug-likeness (QED) is 0.573. The largest absolute Gasteiger partial charge is 0.480 e. The fourth-order valence-electron chi connectivity index (χ4n) is 1.84. The number of carbonyl (C=O) groups excluding carboxylic acids is 1. The number of aliphatic carboxylic acids is 1. The molecule has 1 amide bonds. The normalized spacial score (nSPS) is 15.2. The predicted molar refractivity (Wildman–Crippen MR) is 75.1 cm³/mol. The summed E-state index contributed by atoms with van der Waals surface area (Å²) < 4.78 is 0. The first-order chi connectivity index (χ1) is 9.31. The van der Waals surface area contributed by atoms with Crippen molar-refractivity contribution in [3.63, 3.8) is 0 Å². The molecule has 5 N–H and O–H groups in total. The summed E-state index contributed by atoms with van der Waals surface area (Å²) in [4.78, 5) is 22.7. The minimum Gasteiger partial charge on any atom is -0.480 e. The Morgan fingerprint density at radius 1 is 1.25 bits per heavy atom. The number of anilines is 1. The number of carboxylic acid groups (broad SMARTS) is 1. The van der Waals surface area contributed by atoms with E-state index in [1.54, 1.807) is 12.1 Å². The average molecular weight is 280 g/mol. The molecule has 0 spiro atoms. The summed E-state index contributed by atoms with van der Waals surface area (Å²) in [6.45, 7) is 3.19. The fourth-order valence-corrected chi connectivity index (χ4v) is 1.84. The maximum absolute atomic E-state index is 11.8. The molecule has 0 aliphatic rings. The van der Waals surface area contributed by atoms with Crippen LogP contribution in [0.15, 0.2) is 24.3 Å². The lowest BCUT2D eigenvalue weighted by atomic mass is 9.97. The molecule has 3 unspecified atom stereocenters. The molecule has 0 saturated carbocycles. The van der Waals surface area contributed by atoms with Crippen molar-refractivity contribution in [1.82, 2.24) is 5.32 Å². The molecule has 110 valence electrons. The molecule has 1 aromatic carbocycles. The summed E-state index contributed by atoms with van der Waals surface area (Å²) in [5.74, 6) is -1.74. The smallest absolute Gasteiger partial charge is 0.328 e. The van der Waals surface area contributed by atoms with Gasteiger partial charge in [0.2, 0.25) is 5.91 Å². The topological polar surface area (TPSA) is 113 Å². The van der Waals surface area contributed by atoms with E-state index < -0.39 is 24.0 Å². The maximum atomic E-state index is 11.8. The van der Waals surface area contributed by atoms with Crippen molar-refractivity contribution in [2.45, 2.75) is 38.3 Å². The Kier molecular flexibility index (Phi) is 5.52. The zero-order valence-corrected chi connectivity index (χ0v) is 11.5. The Balaban J connectivity index is 2.61. The van der Waals surface area contributed by atoms with Gasteiger partial charge in [0.15, 0.2) is 6.04 Å². The van der Waals surface area contributed by atoms with Crippen LogP contribution in [0, 0.1) is 0 Å². The van der Waals surface area contributed by atoms with Gasteiger partial charge in [-0.1, -0.05) is 19.1 Å². The molecule has 0 aliphatic carbocycles. The summed E-state index contributed by atoms with van der Waals surface area (Å²) in [7, 11) is 0. The summed E-state index contributed by atoms with van der Waals surface area (Å²) in [6.07, 6.45) is -1.01. The van der Waals surface area contributed by atoms with E-state index in [4.69, 9.17) is 10.8 Å². The second-order valence-electron chi connectivity index (χ2n) is 4.90. The molecule has 20 heavy (non-hydrogen) atoms. The molecule has 0 aliphatic heterocycles. The van der Waals surface area contributed by atoms with Gasteiger partial charge in [-0.3, -0.25) is 4.79 Å². The van der Waals surface area contributed by atoms with Crippen molar-refractivity contribution in [3.05, 3.63) is 29.8 Å². The summed E-state index contributed by atoms with van der Waals surface area (Å²) in [6, 6.07) is 5.87. The number of rotatable bonds is 6. The first kappa shape index (κ1) is 16.0. The zero-order valence-electron chi connectivity index (χ0n) is 11.5. The number of aliphatic hydroxyl groups is 1. The van der Waals surface area contributed by atoms with Crippen LogP contribution in [-0.2, 0) is 9.59 Å². The molecule has 1 rings (SSSR count). The number of benzene rings is 1. The van der Waals surface area contributed by atoms with Gasteiger partial charge in [0.25, 0.3) is 0 Å². The van der Waals surface area contributed by atoms with E-state index in [1.807, 2.05) is 19.1 Å². The molecule has 0 fully saturated rings. The fraction of sp³-hybridized carbons (Fsp3) is 0.429. The number of aliphatic hydroxyl groups excluding tert-OH is 1. The van der Waals surface area contributed by atoms with Gasteiger partial charge in [-0.2, -0.15) is 0 Å². The first-order valence-electron chi connectivity index (χ1n) is 6.37. The summed E-state index contributed by atoms with van der Waals surface area (Å²) in [5, 5.41) is 20.5. The zero-order chi connectivity index (χ0) is 15.3. The molecule has 3 atom stereocenters. The van der Waals surface area contributed by atoms with E-state index in [1.165, 1.54) is 6.92 Å². The van der Waals surface area contributed by atoms with Crippen molar-refractivity contribution >= 4 is 17.6 Å². The Labute approximate surface area is 117 Å². The monoisotopic (exact) mass is 280 g/mol. The number of carbonyl (C=O) groups is 2. The highest BCUT2D eigenvalue weighted by Crippen LogP contribution is 2.20. The van der Waals surface area contributed by atoms with Crippen LogP contribution in [-0.4, -0.2) is 34.2 Å². The third-order valence-electron chi connectivity index (χ3n) is 3.06. The number of nitrogens with two attached hydrogens (primary N) is 1. The maximum Gasteiger partial charge on any atom is 0.328 e. The van der Waals surface area contributed by atoms with Crippen LogP contribution in [0.1, 0.15) is 31.7 Å². The number of nitrogens with one attached hydrogen (secondary N) is 1. The van der Waals surface area contributed by atoms with Gasteiger partial charge in [0.1, 0.15) is 0 Å². The second kappa shape index (κ2) is 6.91. The standard InChI is InChI=1S/C14H20N2O4/c1-8(10-3-5-11(15)6-4-10)7-12(18)16-13(9(2)17)14(19)20/h3-6,8-9,13,17H,7,15H2,1-2H3,(H,16,18)(H,19,20).